The van der Waals surface area contributed by atoms with Crippen molar-refractivity contribution in [3.05, 3.63) is 30.1 Å². The van der Waals surface area contributed by atoms with E-state index in [0.29, 0.717) is 11.7 Å². The van der Waals surface area contributed by atoms with E-state index in [1.165, 1.54) is 0 Å². The number of nitrogens with one attached hydrogen (secondary N) is 1. The van der Waals surface area contributed by atoms with Crippen LogP contribution in [-0.2, 0) is 0 Å². The van der Waals surface area contributed by atoms with Crippen LogP contribution in [0, 0.1) is 0 Å². The highest BCUT2D eigenvalue weighted by atomic mass is 16.5. The normalized spacial score (nSPS) is 16.4. The second-order valence-corrected chi connectivity index (χ2v) is 5.06. The van der Waals surface area contributed by atoms with E-state index in [2.05, 4.69) is 20.1 Å². The van der Waals surface area contributed by atoms with Crippen molar-refractivity contribution in [1.29, 1.82) is 0 Å². The summed E-state index contributed by atoms with van der Waals surface area (Å²) in [4.78, 5) is 6.70. The number of pyridine rings is 1. The summed E-state index contributed by atoms with van der Waals surface area (Å²) in [5, 5.41) is 7.07. The van der Waals surface area contributed by atoms with Gasteiger partial charge in [0.2, 0.25) is 0 Å². The maximum absolute atomic E-state index is 5.68. The minimum Gasteiger partial charge on any atom is -0.497 e. The molecule has 106 valence electrons. The van der Waals surface area contributed by atoms with E-state index in [0.717, 1.165) is 43.2 Å². The Labute approximate surface area is 118 Å². The van der Waals surface area contributed by atoms with Crippen molar-refractivity contribution in [3.8, 4) is 5.75 Å². The molecule has 2 aromatic rings. The highest BCUT2D eigenvalue weighted by Gasteiger charge is 2.23. The molecule has 1 fully saturated rings. The molecule has 1 saturated heterocycles. The lowest BCUT2D eigenvalue weighted by atomic mass is 9.93. The summed E-state index contributed by atoms with van der Waals surface area (Å²) in [5.41, 5.74) is 6.75. The Balaban J connectivity index is 1.66. The molecule has 0 atom stereocenters. The van der Waals surface area contributed by atoms with Gasteiger partial charge in [-0.25, -0.2) is 4.98 Å². The smallest absolute Gasteiger partial charge is 0.132 e. The zero-order valence-corrected chi connectivity index (χ0v) is 11.5. The number of ether oxygens (including phenoxy) is 1. The monoisotopic (exact) mass is 273 g/mol. The first kappa shape index (κ1) is 12.8. The fourth-order valence-corrected chi connectivity index (χ4v) is 2.67. The van der Waals surface area contributed by atoms with Crippen LogP contribution >= 0.6 is 0 Å². The summed E-state index contributed by atoms with van der Waals surface area (Å²) in [5.74, 6) is 2.93. The van der Waals surface area contributed by atoms with Gasteiger partial charge in [-0.05, 0) is 18.9 Å². The molecule has 6 nitrogen and oxygen atoms in total. The van der Waals surface area contributed by atoms with Crippen LogP contribution in [0.4, 0.5) is 11.6 Å². The summed E-state index contributed by atoms with van der Waals surface area (Å²) in [7, 11) is 1.67. The van der Waals surface area contributed by atoms with E-state index in [9.17, 15) is 0 Å². The number of piperidine rings is 1. The van der Waals surface area contributed by atoms with Crippen LogP contribution < -0.4 is 15.4 Å². The van der Waals surface area contributed by atoms with Gasteiger partial charge in [-0.1, -0.05) is 0 Å². The maximum Gasteiger partial charge on any atom is 0.132 e. The van der Waals surface area contributed by atoms with Gasteiger partial charge in [-0.2, -0.15) is 5.10 Å². The van der Waals surface area contributed by atoms with E-state index < -0.39 is 0 Å². The van der Waals surface area contributed by atoms with E-state index in [1.807, 2.05) is 18.2 Å². The fourth-order valence-electron chi connectivity index (χ4n) is 2.67. The van der Waals surface area contributed by atoms with Gasteiger partial charge in [-0.15, -0.1) is 0 Å². The van der Waals surface area contributed by atoms with E-state index >= 15 is 0 Å². The molecular weight excluding hydrogens is 254 g/mol. The predicted molar refractivity (Wildman–Crippen MR) is 78.0 cm³/mol. The Morgan fingerprint density at radius 3 is 2.80 bits per heavy atom. The molecule has 0 unspecified atom stereocenters. The standard InChI is InChI=1S/C14H19N5O/c1-20-11-2-5-16-14(8-11)19-6-3-10(4-7-19)12-9-13(15)18-17-12/h2,5,8-10H,3-4,6-7H2,1H3,(H3,15,17,18). The van der Waals surface area contributed by atoms with E-state index in [1.54, 1.807) is 13.3 Å². The third-order valence-corrected chi connectivity index (χ3v) is 3.81. The lowest BCUT2D eigenvalue weighted by molar-refractivity contribution is 0.413. The van der Waals surface area contributed by atoms with Gasteiger partial charge >= 0.3 is 0 Å². The van der Waals surface area contributed by atoms with Crippen LogP contribution in [0.5, 0.6) is 5.75 Å². The molecule has 0 bridgehead atoms. The third kappa shape index (κ3) is 2.54. The van der Waals surface area contributed by atoms with Crippen molar-refractivity contribution in [2.45, 2.75) is 18.8 Å². The average Bonchev–Trinajstić information content (AvgIpc) is 2.94. The van der Waals surface area contributed by atoms with Crippen LogP contribution in [-0.4, -0.2) is 35.4 Å². The van der Waals surface area contributed by atoms with Crippen LogP contribution in [0.15, 0.2) is 24.4 Å². The van der Waals surface area contributed by atoms with E-state index in [-0.39, 0.29) is 0 Å². The highest BCUT2D eigenvalue weighted by Crippen LogP contribution is 2.30. The van der Waals surface area contributed by atoms with Crippen LogP contribution in [0.2, 0.25) is 0 Å². The Morgan fingerprint density at radius 1 is 1.35 bits per heavy atom. The largest absolute Gasteiger partial charge is 0.497 e. The molecule has 3 N–H and O–H groups in total. The number of aromatic nitrogens is 3. The lowest BCUT2D eigenvalue weighted by Gasteiger charge is -2.32. The number of nitrogens with zero attached hydrogens (tertiary/aromatic N) is 3. The molecule has 0 amide bonds. The summed E-state index contributed by atoms with van der Waals surface area (Å²) in [6.45, 7) is 1.94. The van der Waals surface area contributed by atoms with Gasteiger partial charge in [0.15, 0.2) is 0 Å². The molecule has 0 saturated carbocycles. The highest BCUT2D eigenvalue weighted by molar-refractivity contribution is 5.44. The Morgan fingerprint density at radius 2 is 2.15 bits per heavy atom. The quantitative estimate of drug-likeness (QED) is 0.891. The molecule has 20 heavy (non-hydrogen) atoms. The molecule has 0 aliphatic carbocycles. The predicted octanol–water partition coefficient (Wildman–Crippen LogP) is 1.78. The molecule has 6 heteroatoms. The van der Waals surface area contributed by atoms with Crippen LogP contribution in [0.25, 0.3) is 0 Å². The van der Waals surface area contributed by atoms with E-state index in [4.69, 9.17) is 10.5 Å². The first-order chi connectivity index (χ1) is 9.76. The fraction of sp³-hybridized carbons (Fsp3) is 0.429. The van der Waals surface area contributed by atoms with Gasteiger partial charge in [0.25, 0.3) is 0 Å². The topological polar surface area (TPSA) is 80.1 Å². The minimum atomic E-state index is 0.477. The zero-order chi connectivity index (χ0) is 13.9. The van der Waals surface area contributed by atoms with Crippen molar-refractivity contribution in [1.82, 2.24) is 15.2 Å². The Hall–Kier alpha value is -2.24. The number of nitrogen functional groups attached to an aromatic ring is 1. The second-order valence-electron chi connectivity index (χ2n) is 5.06. The summed E-state index contributed by atoms with van der Waals surface area (Å²) < 4.78 is 5.24. The molecule has 1 aliphatic rings. The lowest BCUT2D eigenvalue weighted by Crippen LogP contribution is -2.33. The third-order valence-electron chi connectivity index (χ3n) is 3.81. The first-order valence-corrected chi connectivity index (χ1v) is 6.82. The van der Waals surface area contributed by atoms with Crippen molar-refractivity contribution in [3.63, 3.8) is 0 Å². The number of H-pyrrole nitrogens is 1. The number of aromatic amines is 1. The average molecular weight is 273 g/mol. The molecule has 0 aromatic carbocycles. The van der Waals surface area contributed by atoms with Gasteiger partial charge in [0.05, 0.1) is 12.8 Å². The molecule has 0 radical (unpaired) electrons. The number of hydrogen-bond donors (Lipinski definition) is 2. The number of rotatable bonds is 3. The van der Waals surface area contributed by atoms with Crippen molar-refractivity contribution in [2.75, 3.05) is 30.8 Å². The molecule has 2 aromatic heterocycles. The van der Waals surface area contributed by atoms with Gasteiger partial charge in [0.1, 0.15) is 17.4 Å². The molecular formula is C14H19N5O. The number of methoxy groups -OCH3 is 1. The van der Waals surface area contributed by atoms with Crippen LogP contribution in [0.1, 0.15) is 24.5 Å². The Bertz CT molecular complexity index is 574. The van der Waals surface area contributed by atoms with Crippen LogP contribution in [0.3, 0.4) is 0 Å². The second kappa shape index (κ2) is 5.40. The molecule has 3 heterocycles. The molecule has 1 aliphatic heterocycles. The SMILES string of the molecule is COc1ccnc(N2CCC(c3cc(N)[nH]n3)CC2)c1. The van der Waals surface area contributed by atoms with Gasteiger partial charge in [0, 0.05) is 37.3 Å². The minimum absolute atomic E-state index is 0.477. The van der Waals surface area contributed by atoms with Crippen molar-refractivity contribution < 1.29 is 4.74 Å². The van der Waals surface area contributed by atoms with Crippen molar-refractivity contribution in [2.24, 2.45) is 0 Å². The number of anilines is 2. The van der Waals surface area contributed by atoms with Crippen molar-refractivity contribution >= 4 is 11.6 Å². The van der Waals surface area contributed by atoms with Gasteiger partial charge < -0.3 is 15.4 Å². The summed E-state index contributed by atoms with van der Waals surface area (Å²) in [6, 6.07) is 5.78. The molecule has 0 spiro atoms. The summed E-state index contributed by atoms with van der Waals surface area (Å²) in [6.07, 6.45) is 3.90. The number of nitrogens with two attached hydrogens (primary N) is 1. The summed E-state index contributed by atoms with van der Waals surface area (Å²) >= 11 is 0. The Kier molecular flexibility index (Phi) is 3.45. The first-order valence-electron chi connectivity index (χ1n) is 6.82. The molecule has 3 rings (SSSR count). The zero-order valence-electron chi connectivity index (χ0n) is 11.5. The number of hydrogen-bond acceptors (Lipinski definition) is 5. The maximum atomic E-state index is 5.68. The van der Waals surface area contributed by atoms with Gasteiger partial charge in [-0.3, -0.25) is 5.10 Å².